The second-order valence-corrected chi connectivity index (χ2v) is 11.7. The van der Waals surface area contributed by atoms with E-state index in [0.717, 1.165) is 33.2 Å². The molecule has 0 saturated carbocycles. The summed E-state index contributed by atoms with van der Waals surface area (Å²) in [6.07, 6.45) is 1.41. The SMILES string of the molecule is COc1ccc(Cl)cc1C(=O)Oc1c(Br)cc(Br)cc1C=NNC(=O)c1[nH]c2c(C)cc(C)cc2c1-c1ccccc1. The molecule has 5 rings (SSSR count). The van der Waals surface area contributed by atoms with E-state index in [2.05, 4.69) is 59.5 Å². The summed E-state index contributed by atoms with van der Waals surface area (Å²) in [7, 11) is 1.45. The van der Waals surface area contributed by atoms with Gasteiger partial charge in [-0.2, -0.15) is 5.10 Å². The number of aromatic nitrogens is 1. The molecule has 0 radical (unpaired) electrons. The Kier molecular flexibility index (Phi) is 8.82. The Morgan fingerprint density at radius 2 is 1.76 bits per heavy atom. The zero-order chi connectivity index (χ0) is 30.0. The number of amides is 1. The molecule has 7 nitrogen and oxygen atoms in total. The second-order valence-electron chi connectivity index (χ2n) is 9.48. The molecule has 5 aromatic rings. The molecule has 0 aliphatic rings. The van der Waals surface area contributed by atoms with Gasteiger partial charge < -0.3 is 14.5 Å². The lowest BCUT2D eigenvalue weighted by Crippen LogP contribution is -2.19. The van der Waals surface area contributed by atoms with Crippen molar-refractivity contribution in [2.75, 3.05) is 7.11 Å². The van der Waals surface area contributed by atoms with Crippen LogP contribution in [0.5, 0.6) is 11.5 Å². The van der Waals surface area contributed by atoms with Crippen LogP contribution < -0.4 is 14.9 Å². The molecule has 0 aliphatic heterocycles. The number of benzene rings is 4. The Labute approximate surface area is 264 Å². The molecule has 10 heteroatoms. The number of carbonyl (C=O) groups is 2. The lowest BCUT2D eigenvalue weighted by molar-refractivity contribution is 0.0729. The number of halogens is 3. The van der Waals surface area contributed by atoms with Crippen molar-refractivity contribution < 1.29 is 19.1 Å². The average Bonchev–Trinajstić information content (AvgIpc) is 3.35. The summed E-state index contributed by atoms with van der Waals surface area (Å²) >= 11 is 13.0. The lowest BCUT2D eigenvalue weighted by Gasteiger charge is -2.12. The summed E-state index contributed by atoms with van der Waals surface area (Å²) in [5, 5.41) is 5.52. The van der Waals surface area contributed by atoms with Crippen molar-refractivity contribution in [3.63, 3.8) is 0 Å². The Balaban J connectivity index is 1.47. The molecule has 1 heterocycles. The summed E-state index contributed by atoms with van der Waals surface area (Å²) in [5.74, 6) is -0.579. The highest BCUT2D eigenvalue weighted by molar-refractivity contribution is 9.11. The van der Waals surface area contributed by atoms with E-state index < -0.39 is 11.9 Å². The van der Waals surface area contributed by atoms with E-state index in [9.17, 15) is 9.59 Å². The first-order valence-electron chi connectivity index (χ1n) is 12.7. The van der Waals surface area contributed by atoms with Crippen molar-refractivity contribution in [1.29, 1.82) is 0 Å². The van der Waals surface area contributed by atoms with Gasteiger partial charge in [-0.1, -0.05) is 69.5 Å². The van der Waals surface area contributed by atoms with Crippen LogP contribution in [-0.4, -0.2) is 30.2 Å². The van der Waals surface area contributed by atoms with Gasteiger partial charge in [0.25, 0.3) is 5.91 Å². The van der Waals surface area contributed by atoms with Gasteiger partial charge in [0.05, 0.1) is 17.8 Å². The number of rotatable bonds is 7. The third kappa shape index (κ3) is 6.13. The maximum atomic E-state index is 13.5. The third-order valence-corrected chi connectivity index (χ3v) is 7.80. The van der Waals surface area contributed by atoms with E-state index in [4.69, 9.17) is 21.1 Å². The number of nitrogens with zero attached hydrogens (tertiary/aromatic N) is 1. The largest absolute Gasteiger partial charge is 0.496 e. The van der Waals surface area contributed by atoms with Gasteiger partial charge in [-0.25, -0.2) is 10.2 Å². The Morgan fingerprint density at radius 1 is 1.00 bits per heavy atom. The number of ether oxygens (including phenoxy) is 2. The first-order valence-corrected chi connectivity index (χ1v) is 14.7. The number of methoxy groups -OCH3 is 1. The summed E-state index contributed by atoms with van der Waals surface area (Å²) in [4.78, 5) is 29.9. The van der Waals surface area contributed by atoms with Crippen molar-refractivity contribution in [2.45, 2.75) is 13.8 Å². The number of fused-ring (bicyclic) bond motifs is 1. The Hall–Kier alpha value is -3.92. The molecule has 0 unspecified atom stereocenters. The number of nitrogens with one attached hydrogen (secondary N) is 2. The normalized spacial score (nSPS) is 11.2. The Bertz CT molecular complexity index is 1870. The molecule has 4 aromatic carbocycles. The van der Waals surface area contributed by atoms with Gasteiger partial charge in [0.15, 0.2) is 5.75 Å². The topological polar surface area (TPSA) is 92.8 Å². The minimum absolute atomic E-state index is 0.161. The van der Waals surface area contributed by atoms with E-state index in [1.165, 1.54) is 19.4 Å². The smallest absolute Gasteiger partial charge is 0.347 e. The molecule has 0 bridgehead atoms. The van der Waals surface area contributed by atoms with E-state index in [1.54, 1.807) is 24.3 Å². The highest BCUT2D eigenvalue weighted by Gasteiger charge is 2.22. The third-order valence-electron chi connectivity index (χ3n) is 6.52. The standard InChI is InChI=1S/C32H24Br2ClN3O4/c1-17-11-18(2)28-24(12-17)27(19-7-5-4-6-8-19)29(37-28)31(39)38-36-16-20-13-21(33)14-25(34)30(20)42-32(40)23-15-22(35)9-10-26(23)41-3/h4-16,37H,1-3H3,(H,38,39). The van der Waals surface area contributed by atoms with Crippen LogP contribution in [0.2, 0.25) is 5.02 Å². The number of carbonyl (C=O) groups excluding carboxylic acids is 2. The van der Waals surface area contributed by atoms with Crippen LogP contribution in [0.3, 0.4) is 0 Å². The van der Waals surface area contributed by atoms with Gasteiger partial charge in [0.2, 0.25) is 0 Å². The van der Waals surface area contributed by atoms with E-state index in [-0.39, 0.29) is 11.3 Å². The first-order chi connectivity index (χ1) is 20.2. The number of hydrazone groups is 1. The number of esters is 1. The summed E-state index contributed by atoms with van der Waals surface area (Å²) < 4.78 is 12.2. The molecular formula is C32H24Br2ClN3O4. The average molecular weight is 710 g/mol. The van der Waals surface area contributed by atoms with Crippen LogP contribution in [0, 0.1) is 13.8 Å². The van der Waals surface area contributed by atoms with Crippen LogP contribution in [0.4, 0.5) is 0 Å². The van der Waals surface area contributed by atoms with Gasteiger partial charge in [-0.3, -0.25) is 4.79 Å². The quantitative estimate of drug-likeness (QED) is 0.0766. The lowest BCUT2D eigenvalue weighted by atomic mass is 9.99. The molecular weight excluding hydrogens is 686 g/mol. The zero-order valence-corrected chi connectivity index (χ0v) is 26.6. The van der Waals surface area contributed by atoms with E-state index in [0.29, 0.717) is 31.0 Å². The monoisotopic (exact) mass is 707 g/mol. The van der Waals surface area contributed by atoms with Crippen LogP contribution >= 0.6 is 43.5 Å². The number of H-pyrrole nitrogens is 1. The molecule has 1 amide bonds. The predicted octanol–water partition coefficient (Wildman–Crippen LogP) is 8.62. The van der Waals surface area contributed by atoms with Crippen LogP contribution in [-0.2, 0) is 0 Å². The number of aromatic amines is 1. The van der Waals surface area contributed by atoms with Crippen LogP contribution in [0.25, 0.3) is 22.0 Å². The summed E-state index contributed by atoms with van der Waals surface area (Å²) in [6.45, 7) is 4.04. The Morgan fingerprint density at radius 3 is 2.50 bits per heavy atom. The van der Waals surface area contributed by atoms with Crippen molar-refractivity contribution >= 4 is 72.5 Å². The highest BCUT2D eigenvalue weighted by atomic mass is 79.9. The molecule has 212 valence electrons. The fraction of sp³-hybridized carbons (Fsp3) is 0.0938. The molecule has 42 heavy (non-hydrogen) atoms. The van der Waals surface area contributed by atoms with Gasteiger partial charge in [0, 0.05) is 31.5 Å². The van der Waals surface area contributed by atoms with Gasteiger partial charge >= 0.3 is 5.97 Å². The molecule has 0 atom stereocenters. The van der Waals surface area contributed by atoms with Gasteiger partial charge in [-0.15, -0.1) is 0 Å². The minimum atomic E-state index is -0.674. The maximum absolute atomic E-state index is 13.5. The number of hydrogen-bond acceptors (Lipinski definition) is 5. The minimum Gasteiger partial charge on any atom is -0.496 e. The molecule has 0 saturated heterocycles. The summed E-state index contributed by atoms with van der Waals surface area (Å²) in [5.41, 5.74) is 8.31. The van der Waals surface area contributed by atoms with E-state index in [1.807, 2.05) is 44.2 Å². The molecule has 2 N–H and O–H groups in total. The van der Waals surface area contributed by atoms with E-state index >= 15 is 0 Å². The highest BCUT2D eigenvalue weighted by Crippen LogP contribution is 2.36. The van der Waals surface area contributed by atoms with Crippen molar-refractivity contribution in [3.8, 4) is 22.6 Å². The molecule has 0 spiro atoms. The molecule has 1 aromatic heterocycles. The van der Waals surface area contributed by atoms with Crippen LogP contribution in [0.1, 0.15) is 37.5 Å². The zero-order valence-electron chi connectivity index (χ0n) is 22.7. The van der Waals surface area contributed by atoms with Crippen molar-refractivity contribution in [3.05, 3.63) is 115 Å². The van der Waals surface area contributed by atoms with Crippen molar-refractivity contribution in [1.82, 2.24) is 10.4 Å². The number of aryl methyl sites for hydroxylation is 2. The fourth-order valence-electron chi connectivity index (χ4n) is 4.72. The van der Waals surface area contributed by atoms with Gasteiger partial charge in [0.1, 0.15) is 17.0 Å². The molecule has 0 aliphatic carbocycles. The molecule has 0 fully saturated rings. The number of hydrogen-bond donors (Lipinski definition) is 2. The predicted molar refractivity (Wildman–Crippen MR) is 173 cm³/mol. The van der Waals surface area contributed by atoms with Crippen molar-refractivity contribution in [2.24, 2.45) is 5.10 Å². The fourth-order valence-corrected chi connectivity index (χ4v) is 6.23. The summed E-state index contributed by atoms with van der Waals surface area (Å²) in [6, 6.07) is 22.0. The maximum Gasteiger partial charge on any atom is 0.347 e. The first kappa shape index (κ1) is 29.6. The van der Waals surface area contributed by atoms with Gasteiger partial charge in [-0.05, 0) is 77.3 Å². The second kappa shape index (κ2) is 12.5. The van der Waals surface area contributed by atoms with Crippen LogP contribution in [0.15, 0.2) is 86.8 Å².